The third-order valence-corrected chi connectivity index (χ3v) is 3.21. The van der Waals surface area contributed by atoms with Gasteiger partial charge in [0.15, 0.2) is 0 Å². The Morgan fingerprint density at radius 2 is 2.33 bits per heavy atom. The van der Waals surface area contributed by atoms with Crippen LogP contribution in [-0.4, -0.2) is 31.9 Å². The van der Waals surface area contributed by atoms with Gasteiger partial charge in [0.25, 0.3) is 0 Å². The summed E-state index contributed by atoms with van der Waals surface area (Å²) in [5.74, 6) is -0.326. The Hall–Kier alpha value is -1.27. The molecule has 1 aromatic rings. The summed E-state index contributed by atoms with van der Waals surface area (Å²) in [5, 5.41) is 2.73. The normalized spacial score (nSPS) is 10.3. The van der Waals surface area contributed by atoms with Crippen molar-refractivity contribution in [2.45, 2.75) is 11.3 Å². The number of hydrogen-bond acceptors (Lipinski definition) is 4. The summed E-state index contributed by atoms with van der Waals surface area (Å²) in [6, 6.07) is 4.44. The predicted octanol–water partition coefficient (Wildman–Crippen LogP) is 1.65. The Labute approximate surface area is 110 Å². The van der Waals surface area contributed by atoms with E-state index in [4.69, 9.17) is 10.5 Å². The number of halogens is 1. The Morgan fingerprint density at radius 1 is 1.56 bits per heavy atom. The number of nitrogens with one attached hydrogen (secondary N) is 1. The lowest BCUT2D eigenvalue weighted by atomic mass is 10.3. The average molecular weight is 272 g/mol. The van der Waals surface area contributed by atoms with Crippen LogP contribution in [-0.2, 0) is 9.53 Å². The highest BCUT2D eigenvalue weighted by atomic mass is 32.2. The molecule has 1 aromatic carbocycles. The SMILES string of the molecule is COCCCNC(=O)CSc1ccc(N)cc1F. The molecule has 1 amide bonds. The van der Waals surface area contributed by atoms with E-state index in [9.17, 15) is 9.18 Å². The maximum atomic E-state index is 13.4. The van der Waals surface area contributed by atoms with E-state index in [-0.39, 0.29) is 11.7 Å². The first-order valence-corrected chi connectivity index (χ1v) is 6.55. The second-order valence-electron chi connectivity index (χ2n) is 3.67. The molecule has 0 aliphatic carbocycles. The van der Waals surface area contributed by atoms with Gasteiger partial charge in [-0.25, -0.2) is 4.39 Å². The number of ether oxygens (including phenoxy) is 1. The third-order valence-electron chi connectivity index (χ3n) is 2.16. The lowest BCUT2D eigenvalue weighted by Gasteiger charge is -2.06. The van der Waals surface area contributed by atoms with Crippen LogP contribution in [0.4, 0.5) is 10.1 Å². The molecule has 6 heteroatoms. The number of thioether (sulfide) groups is 1. The monoisotopic (exact) mass is 272 g/mol. The summed E-state index contributed by atoms with van der Waals surface area (Å²) in [6.45, 7) is 1.18. The van der Waals surface area contributed by atoms with Crippen molar-refractivity contribution in [2.75, 3.05) is 31.7 Å². The number of amides is 1. The van der Waals surface area contributed by atoms with Gasteiger partial charge in [-0.1, -0.05) is 0 Å². The second kappa shape index (κ2) is 7.94. The highest BCUT2D eigenvalue weighted by molar-refractivity contribution is 8.00. The largest absolute Gasteiger partial charge is 0.399 e. The summed E-state index contributed by atoms with van der Waals surface area (Å²) in [5.41, 5.74) is 5.81. The van der Waals surface area contributed by atoms with Crippen molar-refractivity contribution in [3.8, 4) is 0 Å². The Balaban J connectivity index is 2.29. The minimum Gasteiger partial charge on any atom is -0.399 e. The number of carbonyl (C=O) groups excluding carboxylic acids is 1. The van der Waals surface area contributed by atoms with E-state index >= 15 is 0 Å². The van der Waals surface area contributed by atoms with E-state index in [1.165, 1.54) is 6.07 Å². The molecule has 18 heavy (non-hydrogen) atoms. The molecule has 0 atom stereocenters. The van der Waals surface area contributed by atoms with Crippen LogP contribution in [0.1, 0.15) is 6.42 Å². The number of carbonyl (C=O) groups is 1. The summed E-state index contributed by atoms with van der Waals surface area (Å²) in [4.78, 5) is 11.9. The lowest BCUT2D eigenvalue weighted by Crippen LogP contribution is -2.26. The van der Waals surface area contributed by atoms with E-state index in [2.05, 4.69) is 5.32 Å². The molecule has 0 aliphatic heterocycles. The Bertz CT molecular complexity index is 402. The van der Waals surface area contributed by atoms with Crippen LogP contribution in [0.5, 0.6) is 0 Å². The van der Waals surface area contributed by atoms with Gasteiger partial charge in [-0.05, 0) is 24.6 Å². The molecule has 0 unspecified atom stereocenters. The molecular formula is C12H17FN2O2S. The average Bonchev–Trinajstić information content (AvgIpc) is 2.33. The van der Waals surface area contributed by atoms with Gasteiger partial charge in [-0.2, -0.15) is 0 Å². The summed E-state index contributed by atoms with van der Waals surface area (Å²) >= 11 is 1.15. The topological polar surface area (TPSA) is 64.3 Å². The summed E-state index contributed by atoms with van der Waals surface area (Å²) < 4.78 is 18.3. The number of nitrogens with two attached hydrogens (primary N) is 1. The van der Waals surface area contributed by atoms with Crippen LogP contribution in [0.3, 0.4) is 0 Å². The maximum Gasteiger partial charge on any atom is 0.230 e. The second-order valence-corrected chi connectivity index (χ2v) is 4.69. The summed E-state index contributed by atoms with van der Waals surface area (Å²) in [7, 11) is 1.61. The van der Waals surface area contributed by atoms with E-state index < -0.39 is 5.82 Å². The van der Waals surface area contributed by atoms with Gasteiger partial charge in [-0.3, -0.25) is 4.79 Å². The molecule has 0 spiro atoms. The molecule has 0 saturated heterocycles. The lowest BCUT2D eigenvalue weighted by molar-refractivity contribution is -0.118. The molecular weight excluding hydrogens is 255 g/mol. The van der Waals surface area contributed by atoms with E-state index in [0.717, 1.165) is 18.2 Å². The third kappa shape index (κ3) is 5.37. The van der Waals surface area contributed by atoms with Crippen LogP contribution >= 0.6 is 11.8 Å². The minimum atomic E-state index is -0.396. The van der Waals surface area contributed by atoms with Crippen LogP contribution in [0.2, 0.25) is 0 Å². The van der Waals surface area contributed by atoms with Crippen LogP contribution in [0.15, 0.2) is 23.1 Å². The first-order valence-electron chi connectivity index (χ1n) is 5.57. The maximum absolute atomic E-state index is 13.4. The fraction of sp³-hybridized carbons (Fsp3) is 0.417. The molecule has 100 valence electrons. The predicted molar refractivity (Wildman–Crippen MR) is 71.0 cm³/mol. The molecule has 0 radical (unpaired) electrons. The van der Waals surface area contributed by atoms with Crippen molar-refractivity contribution in [3.63, 3.8) is 0 Å². The zero-order valence-corrected chi connectivity index (χ0v) is 11.1. The highest BCUT2D eigenvalue weighted by Crippen LogP contribution is 2.23. The minimum absolute atomic E-state index is 0.118. The van der Waals surface area contributed by atoms with Crippen molar-refractivity contribution < 1.29 is 13.9 Å². The smallest absolute Gasteiger partial charge is 0.230 e. The van der Waals surface area contributed by atoms with Crippen LogP contribution in [0.25, 0.3) is 0 Å². The fourth-order valence-electron chi connectivity index (χ4n) is 1.27. The number of benzene rings is 1. The molecule has 0 fully saturated rings. The summed E-state index contributed by atoms with van der Waals surface area (Å²) in [6.07, 6.45) is 0.767. The van der Waals surface area contributed by atoms with Gasteiger partial charge in [0.2, 0.25) is 5.91 Å². The van der Waals surface area contributed by atoms with E-state index in [0.29, 0.717) is 23.7 Å². The van der Waals surface area contributed by atoms with Crippen LogP contribution in [0, 0.1) is 5.82 Å². The molecule has 0 bridgehead atoms. The van der Waals surface area contributed by atoms with Gasteiger partial charge in [-0.15, -0.1) is 11.8 Å². The van der Waals surface area contributed by atoms with Crippen LogP contribution < -0.4 is 11.1 Å². The number of nitrogen functional groups attached to an aromatic ring is 1. The Kier molecular flexibility index (Phi) is 6.53. The van der Waals surface area contributed by atoms with E-state index in [1.54, 1.807) is 19.2 Å². The van der Waals surface area contributed by atoms with Gasteiger partial charge in [0.1, 0.15) is 5.82 Å². The van der Waals surface area contributed by atoms with Crippen molar-refractivity contribution >= 4 is 23.4 Å². The molecule has 0 heterocycles. The first-order chi connectivity index (χ1) is 8.63. The fourth-order valence-corrected chi connectivity index (χ4v) is 2.02. The van der Waals surface area contributed by atoms with Crippen molar-refractivity contribution in [1.29, 1.82) is 0 Å². The number of anilines is 1. The molecule has 0 aliphatic rings. The zero-order valence-electron chi connectivity index (χ0n) is 10.2. The quantitative estimate of drug-likeness (QED) is 0.450. The van der Waals surface area contributed by atoms with Gasteiger partial charge in [0.05, 0.1) is 5.75 Å². The molecule has 4 nitrogen and oxygen atoms in total. The molecule has 0 saturated carbocycles. The van der Waals surface area contributed by atoms with E-state index in [1.807, 2.05) is 0 Å². The molecule has 3 N–H and O–H groups in total. The zero-order chi connectivity index (χ0) is 13.4. The van der Waals surface area contributed by atoms with Crippen molar-refractivity contribution in [3.05, 3.63) is 24.0 Å². The van der Waals surface area contributed by atoms with Gasteiger partial charge >= 0.3 is 0 Å². The Morgan fingerprint density at radius 3 is 3.00 bits per heavy atom. The van der Waals surface area contributed by atoms with Crippen molar-refractivity contribution in [1.82, 2.24) is 5.32 Å². The number of rotatable bonds is 7. The standard InChI is InChI=1S/C12H17FN2O2S/c1-17-6-2-5-15-12(16)8-18-11-4-3-9(14)7-10(11)13/h3-4,7H,2,5-6,8,14H2,1H3,(H,15,16). The highest BCUT2D eigenvalue weighted by Gasteiger charge is 2.06. The number of hydrogen-bond donors (Lipinski definition) is 2. The molecule has 0 aromatic heterocycles. The van der Waals surface area contributed by atoms with Gasteiger partial charge < -0.3 is 15.8 Å². The van der Waals surface area contributed by atoms with Gasteiger partial charge in [0, 0.05) is 30.8 Å². The molecule has 1 rings (SSSR count). The number of methoxy groups -OCH3 is 1. The van der Waals surface area contributed by atoms with Crippen molar-refractivity contribution in [2.24, 2.45) is 0 Å². The first kappa shape index (κ1) is 14.8.